The molecule has 2 fully saturated rings. The Morgan fingerprint density at radius 1 is 0.867 bits per heavy atom. The predicted molar refractivity (Wildman–Crippen MR) is 164 cm³/mol. The molecule has 0 radical (unpaired) electrons. The number of carbonyl (C=O) groups is 1. The standard InChI is InChI=1S/C30H38N10O5/c1-2-25(40(17-19-9-5-3-6-10-19)30(43)44-18-20-11-7-4-8-12-20)21-13-14-22(34-37-31)26(15-21)45-29-24(36-39-33)16-23(35-38-32)27(41)28(29)42/h3-12,21-29,41-42H,2,13-18H2,1H3/t21-,22-,23-,24+,25+,26+,27+,28-,29-/m1/s1. The molecule has 0 unspecified atom stereocenters. The third kappa shape index (κ3) is 8.58. The van der Waals surface area contributed by atoms with E-state index in [0.717, 1.165) is 11.1 Å². The van der Waals surface area contributed by atoms with Crippen molar-refractivity contribution in [3.05, 3.63) is 103 Å². The fraction of sp³-hybridized carbons (Fsp3) is 0.567. The zero-order chi connectivity index (χ0) is 32.2. The van der Waals surface area contributed by atoms with Crippen LogP contribution in [0, 0.1) is 5.92 Å². The minimum Gasteiger partial charge on any atom is -0.445 e. The van der Waals surface area contributed by atoms with Gasteiger partial charge in [-0.3, -0.25) is 0 Å². The van der Waals surface area contributed by atoms with Gasteiger partial charge >= 0.3 is 6.09 Å². The quantitative estimate of drug-likeness (QED) is 0.158. The van der Waals surface area contributed by atoms with Crippen LogP contribution in [0.4, 0.5) is 4.79 Å². The van der Waals surface area contributed by atoms with E-state index in [1.54, 1.807) is 4.90 Å². The van der Waals surface area contributed by atoms with Crippen LogP contribution in [0.2, 0.25) is 0 Å². The van der Waals surface area contributed by atoms with E-state index >= 15 is 0 Å². The molecule has 1 amide bonds. The van der Waals surface area contributed by atoms with Gasteiger partial charge in [-0.15, -0.1) is 0 Å². The van der Waals surface area contributed by atoms with E-state index in [1.807, 2.05) is 67.6 Å². The van der Waals surface area contributed by atoms with Gasteiger partial charge in [0, 0.05) is 27.3 Å². The van der Waals surface area contributed by atoms with Gasteiger partial charge in [-0.05, 0) is 65.7 Å². The molecule has 15 nitrogen and oxygen atoms in total. The monoisotopic (exact) mass is 618 g/mol. The molecule has 45 heavy (non-hydrogen) atoms. The van der Waals surface area contributed by atoms with Crippen LogP contribution < -0.4 is 0 Å². The SMILES string of the molecule is CC[C@@H]([C@@H]1CC[C@@H](N=[N+]=[N-])[C@@H](O[C@H]2[C@H](O)[C@@H](O)[C@H](N=[N+]=[N-])C[C@@H]2N=[N+]=[N-])C1)N(Cc1ccccc1)C(=O)OCc1ccccc1. The van der Waals surface area contributed by atoms with E-state index < -0.39 is 48.6 Å². The lowest BCUT2D eigenvalue weighted by atomic mass is 9.78. The molecule has 0 heterocycles. The number of aliphatic hydroxyl groups is 2. The highest BCUT2D eigenvalue weighted by Gasteiger charge is 2.47. The van der Waals surface area contributed by atoms with Crippen LogP contribution in [0.15, 0.2) is 76.0 Å². The zero-order valence-electron chi connectivity index (χ0n) is 25.0. The van der Waals surface area contributed by atoms with Gasteiger partial charge < -0.3 is 24.6 Å². The Balaban J connectivity index is 1.58. The third-order valence-electron chi connectivity index (χ3n) is 8.67. The molecule has 4 rings (SSSR count). The first-order valence-corrected chi connectivity index (χ1v) is 15.1. The molecule has 0 aromatic heterocycles. The fourth-order valence-electron chi connectivity index (χ4n) is 6.45. The van der Waals surface area contributed by atoms with Crippen LogP contribution in [0.3, 0.4) is 0 Å². The Labute approximate surface area is 260 Å². The molecule has 2 aromatic rings. The van der Waals surface area contributed by atoms with Crippen LogP contribution in [0.5, 0.6) is 0 Å². The first kappa shape index (κ1) is 33.4. The van der Waals surface area contributed by atoms with E-state index in [0.29, 0.717) is 32.2 Å². The van der Waals surface area contributed by atoms with Crippen LogP contribution in [-0.4, -0.2) is 69.8 Å². The van der Waals surface area contributed by atoms with Crippen molar-refractivity contribution in [2.24, 2.45) is 21.3 Å². The average Bonchev–Trinajstić information content (AvgIpc) is 3.06. The van der Waals surface area contributed by atoms with E-state index in [4.69, 9.17) is 15.0 Å². The first-order chi connectivity index (χ1) is 21.9. The summed E-state index contributed by atoms with van der Waals surface area (Å²) < 4.78 is 12.1. The number of carbonyl (C=O) groups excluding carboxylic acids is 1. The highest BCUT2D eigenvalue weighted by molar-refractivity contribution is 5.68. The van der Waals surface area contributed by atoms with E-state index in [1.165, 1.54) is 0 Å². The van der Waals surface area contributed by atoms with Crippen molar-refractivity contribution in [2.75, 3.05) is 0 Å². The third-order valence-corrected chi connectivity index (χ3v) is 8.67. The second kappa shape index (κ2) is 16.6. The van der Waals surface area contributed by atoms with Crippen molar-refractivity contribution in [1.29, 1.82) is 0 Å². The lowest BCUT2D eigenvalue weighted by molar-refractivity contribution is -0.160. The van der Waals surface area contributed by atoms with Crippen molar-refractivity contribution in [3.8, 4) is 0 Å². The number of hydrogen-bond donors (Lipinski definition) is 2. The molecular weight excluding hydrogens is 580 g/mol. The van der Waals surface area contributed by atoms with Crippen molar-refractivity contribution in [3.63, 3.8) is 0 Å². The number of ether oxygens (including phenoxy) is 2. The maximum Gasteiger partial charge on any atom is 0.410 e. The minimum absolute atomic E-state index is 0.0327. The van der Waals surface area contributed by atoms with Gasteiger partial charge in [-0.25, -0.2) is 4.79 Å². The molecular formula is C30H38N10O5. The molecule has 2 aliphatic rings. The Morgan fingerprint density at radius 3 is 2.09 bits per heavy atom. The highest BCUT2D eigenvalue weighted by atomic mass is 16.6. The number of azide groups is 3. The highest BCUT2D eigenvalue weighted by Crippen LogP contribution is 2.38. The lowest BCUT2D eigenvalue weighted by Crippen LogP contribution is -2.58. The topological polar surface area (TPSA) is 226 Å². The van der Waals surface area contributed by atoms with Gasteiger partial charge in [0.2, 0.25) is 0 Å². The summed E-state index contributed by atoms with van der Waals surface area (Å²) in [5.41, 5.74) is 29.2. The molecule has 0 bridgehead atoms. The zero-order valence-corrected chi connectivity index (χ0v) is 25.0. The maximum atomic E-state index is 13.7. The van der Waals surface area contributed by atoms with Crippen LogP contribution in [0.1, 0.15) is 50.2 Å². The van der Waals surface area contributed by atoms with Crippen molar-refractivity contribution >= 4 is 6.09 Å². The molecule has 9 atom stereocenters. The molecule has 2 N–H and O–H groups in total. The van der Waals surface area contributed by atoms with Gasteiger partial charge in [-0.2, -0.15) is 0 Å². The number of hydrogen-bond acceptors (Lipinski definition) is 8. The second-order valence-electron chi connectivity index (χ2n) is 11.4. The smallest absolute Gasteiger partial charge is 0.410 e. The Morgan fingerprint density at radius 2 is 1.47 bits per heavy atom. The van der Waals surface area contributed by atoms with Gasteiger partial charge in [0.25, 0.3) is 0 Å². The van der Waals surface area contributed by atoms with Crippen molar-refractivity contribution < 1.29 is 24.5 Å². The molecule has 2 saturated carbocycles. The summed E-state index contributed by atoms with van der Waals surface area (Å²) in [6.07, 6.45) is -3.26. The Hall–Kier alpha value is -4.48. The largest absolute Gasteiger partial charge is 0.445 e. The van der Waals surface area contributed by atoms with Gasteiger partial charge in [-0.1, -0.05) is 82.9 Å². The molecule has 2 aliphatic carbocycles. The summed E-state index contributed by atoms with van der Waals surface area (Å²) in [6, 6.07) is 16.3. The van der Waals surface area contributed by atoms with E-state index in [2.05, 4.69) is 30.1 Å². The molecule has 0 saturated heterocycles. The molecule has 238 valence electrons. The summed E-state index contributed by atoms with van der Waals surface area (Å²) in [7, 11) is 0. The van der Waals surface area contributed by atoms with E-state index in [-0.39, 0.29) is 25.0 Å². The van der Waals surface area contributed by atoms with Crippen LogP contribution in [0.25, 0.3) is 31.3 Å². The predicted octanol–water partition coefficient (Wildman–Crippen LogP) is 6.32. The van der Waals surface area contributed by atoms with Gasteiger partial charge in [0.1, 0.15) is 12.7 Å². The number of amides is 1. The summed E-state index contributed by atoms with van der Waals surface area (Å²) in [5, 5.41) is 32.9. The van der Waals surface area contributed by atoms with Crippen LogP contribution >= 0.6 is 0 Å². The number of rotatable bonds is 12. The summed E-state index contributed by atoms with van der Waals surface area (Å²) >= 11 is 0. The van der Waals surface area contributed by atoms with Crippen molar-refractivity contribution in [1.82, 2.24) is 4.90 Å². The lowest BCUT2D eigenvalue weighted by Gasteiger charge is -2.45. The van der Waals surface area contributed by atoms with Crippen LogP contribution in [-0.2, 0) is 22.6 Å². The first-order valence-electron chi connectivity index (χ1n) is 15.1. The second-order valence-corrected chi connectivity index (χ2v) is 11.4. The molecule has 0 spiro atoms. The van der Waals surface area contributed by atoms with Crippen molar-refractivity contribution in [2.45, 2.75) is 101 Å². The van der Waals surface area contributed by atoms with Gasteiger partial charge in [0.15, 0.2) is 0 Å². The fourth-order valence-corrected chi connectivity index (χ4v) is 6.45. The van der Waals surface area contributed by atoms with Gasteiger partial charge in [0.05, 0.1) is 36.4 Å². The minimum atomic E-state index is -1.53. The molecule has 15 heteroatoms. The molecule has 2 aromatic carbocycles. The maximum absolute atomic E-state index is 13.7. The van der Waals surface area contributed by atoms with E-state index in [9.17, 15) is 26.1 Å². The Kier molecular flexibility index (Phi) is 12.3. The summed E-state index contributed by atoms with van der Waals surface area (Å²) in [5.74, 6) is -0.0994. The summed E-state index contributed by atoms with van der Waals surface area (Å²) in [4.78, 5) is 24.0. The number of nitrogens with zero attached hydrogens (tertiary/aromatic N) is 10. The summed E-state index contributed by atoms with van der Waals surface area (Å²) in [6.45, 7) is 2.44. The Bertz CT molecular complexity index is 1400. The molecule has 0 aliphatic heterocycles. The average molecular weight is 619 g/mol. The number of aliphatic hydroxyl groups excluding tert-OH is 2. The number of benzene rings is 2. The normalized spacial score (nSPS) is 28.3.